The highest BCUT2D eigenvalue weighted by Crippen LogP contribution is 2.38. The lowest BCUT2D eigenvalue weighted by Crippen LogP contribution is -2.37. The second-order valence-corrected chi connectivity index (χ2v) is 7.02. The molecule has 4 aromatic rings. The van der Waals surface area contributed by atoms with Crippen molar-refractivity contribution in [3.05, 3.63) is 103 Å². The Labute approximate surface area is 173 Å². The van der Waals surface area contributed by atoms with Gasteiger partial charge in [-0.15, -0.1) is 0 Å². The maximum Gasteiger partial charge on any atom is 0.254 e. The van der Waals surface area contributed by atoms with Crippen molar-refractivity contribution in [2.45, 2.75) is 12.2 Å². The van der Waals surface area contributed by atoms with Gasteiger partial charge >= 0.3 is 0 Å². The number of rotatable bonds is 4. The Morgan fingerprint density at radius 2 is 1.93 bits per heavy atom. The van der Waals surface area contributed by atoms with E-state index in [1.54, 1.807) is 24.5 Å². The summed E-state index contributed by atoms with van der Waals surface area (Å²) in [7, 11) is 0. The first-order chi connectivity index (χ1) is 14.7. The number of Topliss-reactive ketones (excluding diaryl/α,β-unsaturated/α-hetero) is 1. The average Bonchev–Trinajstić information content (AvgIpc) is 2.79. The summed E-state index contributed by atoms with van der Waals surface area (Å²) in [4.78, 5) is 22.3. The van der Waals surface area contributed by atoms with E-state index in [-0.39, 0.29) is 5.78 Å². The van der Waals surface area contributed by atoms with E-state index in [0.717, 1.165) is 27.7 Å². The van der Waals surface area contributed by atoms with Crippen molar-refractivity contribution in [2.24, 2.45) is 0 Å². The van der Waals surface area contributed by atoms with Crippen LogP contribution in [0.1, 0.15) is 21.8 Å². The van der Waals surface area contributed by atoms with E-state index < -0.39 is 12.2 Å². The van der Waals surface area contributed by atoms with Crippen LogP contribution in [0.15, 0.2) is 92.0 Å². The fourth-order valence-electron chi connectivity index (χ4n) is 3.77. The molecule has 0 radical (unpaired) electrons. The number of carbonyl (C=O) groups excluding carboxylic acids is 1. The van der Waals surface area contributed by atoms with Gasteiger partial charge in [-0.1, -0.05) is 36.9 Å². The monoisotopic (exact) mass is 394 g/mol. The quantitative estimate of drug-likeness (QED) is 0.449. The standard InChI is InChI=1S/C25H18N2O3/c1-2-29-25-23(18-7-5-13-26-15-18)24(28)19-14-17(10-12-22(19)30-25)21-11-9-16-6-3-4-8-20(16)27-21/h2-15,23,25H,1H2. The van der Waals surface area contributed by atoms with Crippen LogP contribution >= 0.6 is 0 Å². The van der Waals surface area contributed by atoms with Gasteiger partial charge in [0, 0.05) is 23.3 Å². The maximum absolute atomic E-state index is 13.5. The second-order valence-electron chi connectivity index (χ2n) is 7.02. The van der Waals surface area contributed by atoms with E-state index in [0.29, 0.717) is 11.3 Å². The van der Waals surface area contributed by atoms with Crippen LogP contribution in [0.4, 0.5) is 0 Å². The molecule has 0 bridgehead atoms. The number of pyridine rings is 2. The SMILES string of the molecule is C=COC1Oc2ccc(-c3ccc4ccccc4n3)cc2C(=O)C1c1cccnc1. The number of ether oxygens (including phenoxy) is 2. The fourth-order valence-corrected chi connectivity index (χ4v) is 3.77. The maximum atomic E-state index is 13.5. The molecule has 0 amide bonds. The molecule has 30 heavy (non-hydrogen) atoms. The summed E-state index contributed by atoms with van der Waals surface area (Å²) in [6.45, 7) is 3.61. The van der Waals surface area contributed by atoms with Crippen LogP contribution < -0.4 is 4.74 Å². The summed E-state index contributed by atoms with van der Waals surface area (Å²) >= 11 is 0. The molecule has 2 aromatic carbocycles. The number of fused-ring (bicyclic) bond motifs is 2. The van der Waals surface area contributed by atoms with E-state index in [1.807, 2.05) is 54.6 Å². The van der Waals surface area contributed by atoms with E-state index in [4.69, 9.17) is 14.5 Å². The van der Waals surface area contributed by atoms with Crippen molar-refractivity contribution in [1.29, 1.82) is 0 Å². The molecule has 146 valence electrons. The summed E-state index contributed by atoms with van der Waals surface area (Å²) in [5.74, 6) is -0.237. The van der Waals surface area contributed by atoms with Crippen molar-refractivity contribution < 1.29 is 14.3 Å². The second kappa shape index (κ2) is 7.44. The first kappa shape index (κ1) is 18.1. The zero-order valence-electron chi connectivity index (χ0n) is 16.1. The number of nitrogens with zero attached hydrogens (tertiary/aromatic N) is 2. The molecule has 0 saturated heterocycles. The van der Waals surface area contributed by atoms with Gasteiger partial charge in [-0.25, -0.2) is 4.98 Å². The van der Waals surface area contributed by atoms with Gasteiger partial charge in [0.2, 0.25) is 0 Å². The average molecular weight is 394 g/mol. The zero-order valence-corrected chi connectivity index (χ0v) is 16.1. The molecular weight excluding hydrogens is 376 g/mol. The first-order valence-electron chi connectivity index (χ1n) is 9.62. The van der Waals surface area contributed by atoms with Crippen LogP contribution in [0.3, 0.4) is 0 Å². The van der Waals surface area contributed by atoms with Crippen molar-refractivity contribution in [1.82, 2.24) is 9.97 Å². The Kier molecular flexibility index (Phi) is 4.48. The number of para-hydroxylation sites is 1. The predicted octanol–water partition coefficient (Wildman–Crippen LogP) is 5.14. The predicted molar refractivity (Wildman–Crippen MR) is 114 cm³/mol. The zero-order chi connectivity index (χ0) is 20.5. The Morgan fingerprint density at radius 3 is 2.77 bits per heavy atom. The minimum Gasteiger partial charge on any atom is -0.462 e. The van der Waals surface area contributed by atoms with Gasteiger partial charge in [0.05, 0.1) is 23.0 Å². The molecule has 0 saturated carbocycles. The lowest BCUT2D eigenvalue weighted by molar-refractivity contribution is -0.0485. The van der Waals surface area contributed by atoms with Gasteiger partial charge in [0.1, 0.15) is 11.7 Å². The summed E-state index contributed by atoms with van der Waals surface area (Å²) in [5, 5.41) is 1.07. The highest BCUT2D eigenvalue weighted by Gasteiger charge is 2.39. The van der Waals surface area contributed by atoms with Crippen molar-refractivity contribution in [3.8, 4) is 17.0 Å². The number of hydrogen-bond donors (Lipinski definition) is 0. The summed E-state index contributed by atoms with van der Waals surface area (Å²) < 4.78 is 11.5. The highest BCUT2D eigenvalue weighted by atomic mass is 16.7. The van der Waals surface area contributed by atoms with Crippen molar-refractivity contribution in [3.63, 3.8) is 0 Å². The third kappa shape index (κ3) is 3.10. The van der Waals surface area contributed by atoms with Crippen LogP contribution in [-0.2, 0) is 4.74 Å². The third-order valence-corrected chi connectivity index (χ3v) is 5.21. The molecule has 1 aliphatic rings. The largest absolute Gasteiger partial charge is 0.462 e. The van der Waals surface area contributed by atoms with Crippen LogP contribution in [0.25, 0.3) is 22.2 Å². The highest BCUT2D eigenvalue weighted by molar-refractivity contribution is 6.05. The Hall–Kier alpha value is -3.99. The minimum absolute atomic E-state index is 0.0845. The van der Waals surface area contributed by atoms with Gasteiger partial charge in [-0.05, 0) is 42.0 Å². The van der Waals surface area contributed by atoms with Gasteiger partial charge in [-0.3, -0.25) is 9.78 Å². The van der Waals surface area contributed by atoms with E-state index in [9.17, 15) is 4.79 Å². The molecule has 5 nitrogen and oxygen atoms in total. The van der Waals surface area contributed by atoms with E-state index in [1.165, 1.54) is 6.26 Å². The Bertz CT molecular complexity index is 1250. The van der Waals surface area contributed by atoms with Gasteiger partial charge < -0.3 is 9.47 Å². The molecule has 2 unspecified atom stereocenters. The molecule has 0 aliphatic carbocycles. The van der Waals surface area contributed by atoms with Crippen molar-refractivity contribution >= 4 is 16.7 Å². The molecular formula is C25H18N2O3. The van der Waals surface area contributed by atoms with Crippen LogP contribution in [0, 0.1) is 0 Å². The van der Waals surface area contributed by atoms with Crippen LogP contribution in [0.5, 0.6) is 5.75 Å². The minimum atomic E-state index is -0.795. The molecule has 0 N–H and O–H groups in total. The summed E-state index contributed by atoms with van der Waals surface area (Å²) in [5.41, 5.74) is 3.79. The summed E-state index contributed by atoms with van der Waals surface area (Å²) in [6, 6.07) is 21.1. The molecule has 2 atom stereocenters. The van der Waals surface area contributed by atoms with E-state index in [2.05, 4.69) is 11.6 Å². The molecule has 5 rings (SSSR count). The number of benzene rings is 2. The summed E-state index contributed by atoms with van der Waals surface area (Å²) in [6.07, 6.45) is 3.82. The van der Waals surface area contributed by atoms with E-state index >= 15 is 0 Å². The lowest BCUT2D eigenvalue weighted by Gasteiger charge is -2.31. The lowest BCUT2D eigenvalue weighted by atomic mass is 9.87. The Balaban J connectivity index is 1.58. The number of aromatic nitrogens is 2. The molecule has 5 heteroatoms. The molecule has 3 heterocycles. The Morgan fingerprint density at radius 1 is 1.03 bits per heavy atom. The topological polar surface area (TPSA) is 61.3 Å². The molecule has 2 aromatic heterocycles. The van der Waals surface area contributed by atoms with Gasteiger partial charge in [0.25, 0.3) is 6.29 Å². The van der Waals surface area contributed by atoms with Gasteiger partial charge in [0.15, 0.2) is 5.78 Å². The first-order valence-corrected chi connectivity index (χ1v) is 9.62. The number of hydrogen-bond acceptors (Lipinski definition) is 5. The van der Waals surface area contributed by atoms with Crippen LogP contribution in [-0.4, -0.2) is 22.0 Å². The van der Waals surface area contributed by atoms with Crippen LogP contribution in [0.2, 0.25) is 0 Å². The smallest absolute Gasteiger partial charge is 0.254 e. The van der Waals surface area contributed by atoms with Crippen molar-refractivity contribution in [2.75, 3.05) is 0 Å². The molecule has 1 aliphatic heterocycles. The number of ketones is 1. The normalized spacial score (nSPS) is 17.8. The molecule has 0 fully saturated rings. The third-order valence-electron chi connectivity index (χ3n) is 5.21. The van der Waals surface area contributed by atoms with Gasteiger partial charge in [-0.2, -0.15) is 0 Å². The molecule has 0 spiro atoms. The fraction of sp³-hybridized carbons (Fsp3) is 0.0800. The number of carbonyl (C=O) groups is 1.